The molecule has 0 fully saturated rings. The van der Waals surface area contributed by atoms with Gasteiger partial charge in [0.2, 0.25) is 10.0 Å². The quantitative estimate of drug-likeness (QED) is 0.757. The van der Waals surface area contributed by atoms with E-state index in [0.717, 1.165) is 0 Å². The second kappa shape index (κ2) is 6.97. The van der Waals surface area contributed by atoms with E-state index in [1.165, 1.54) is 0 Å². The normalized spacial score (nSPS) is 11.2. The van der Waals surface area contributed by atoms with Crippen molar-refractivity contribution in [3.8, 4) is 6.07 Å². The lowest BCUT2D eigenvalue weighted by Gasteiger charge is -2.07. The van der Waals surface area contributed by atoms with Gasteiger partial charge in [0.1, 0.15) is 0 Å². The summed E-state index contributed by atoms with van der Waals surface area (Å²) in [5.74, 6) is -0.194. The Morgan fingerprint density at radius 1 is 1.33 bits per heavy atom. The van der Waals surface area contributed by atoms with Gasteiger partial charge in [-0.05, 0) is 18.1 Å². The summed E-state index contributed by atoms with van der Waals surface area (Å²) >= 11 is 0. The smallest absolute Gasteiger partial charge is 0.215 e. The summed E-state index contributed by atoms with van der Waals surface area (Å²) in [6.07, 6.45) is 3.91. The van der Waals surface area contributed by atoms with Crippen LogP contribution in [-0.4, -0.2) is 30.0 Å². The van der Waals surface area contributed by atoms with Crippen LogP contribution in [0.4, 0.5) is 0 Å². The number of benzene rings is 1. The first-order valence-corrected chi connectivity index (χ1v) is 8.05. The zero-order valence-electron chi connectivity index (χ0n) is 11.3. The molecule has 0 aliphatic carbocycles. The lowest BCUT2D eigenvalue weighted by atomic mass is 10.1. The predicted octanol–water partition coefficient (Wildman–Crippen LogP) is 0.659. The van der Waals surface area contributed by atoms with E-state index in [0.29, 0.717) is 30.6 Å². The second-order valence-corrected chi connectivity index (χ2v) is 6.25. The van der Waals surface area contributed by atoms with Crippen LogP contribution in [0.1, 0.15) is 17.5 Å². The number of nitriles is 1. The highest BCUT2D eigenvalue weighted by atomic mass is 32.2. The van der Waals surface area contributed by atoms with Gasteiger partial charge in [-0.2, -0.15) is 5.26 Å². The van der Waals surface area contributed by atoms with E-state index in [2.05, 4.69) is 15.0 Å². The molecule has 8 heteroatoms. The lowest BCUT2D eigenvalue weighted by molar-refractivity contribution is 0.542. The minimum absolute atomic E-state index is 0.194. The summed E-state index contributed by atoms with van der Waals surface area (Å²) in [6.45, 7) is 0.911. The van der Waals surface area contributed by atoms with E-state index < -0.39 is 10.0 Å². The van der Waals surface area contributed by atoms with Gasteiger partial charge < -0.3 is 0 Å². The first-order chi connectivity index (χ1) is 10.1. The topological polar surface area (TPSA) is 101 Å². The van der Waals surface area contributed by atoms with Crippen LogP contribution in [0, 0.1) is 11.3 Å². The van der Waals surface area contributed by atoms with Gasteiger partial charge in [-0.1, -0.05) is 23.4 Å². The maximum absolute atomic E-state index is 12.0. The monoisotopic (exact) mass is 305 g/mol. The number of rotatable bonds is 7. The third kappa shape index (κ3) is 4.66. The Morgan fingerprint density at radius 2 is 2.14 bits per heavy atom. The van der Waals surface area contributed by atoms with Gasteiger partial charge in [0.15, 0.2) is 0 Å². The van der Waals surface area contributed by atoms with Crippen molar-refractivity contribution in [3.63, 3.8) is 0 Å². The van der Waals surface area contributed by atoms with Gasteiger partial charge >= 0.3 is 0 Å². The molecule has 0 amide bonds. The van der Waals surface area contributed by atoms with Crippen molar-refractivity contribution in [2.45, 2.75) is 18.7 Å². The third-order valence-corrected chi connectivity index (χ3v) is 4.18. The summed E-state index contributed by atoms with van der Waals surface area (Å²) in [6, 6.07) is 8.67. The summed E-state index contributed by atoms with van der Waals surface area (Å²) in [5, 5.41) is 16.4. The second-order valence-electron chi connectivity index (χ2n) is 4.44. The Balaban J connectivity index is 1.86. The van der Waals surface area contributed by atoms with Crippen LogP contribution in [-0.2, 0) is 22.3 Å². The van der Waals surface area contributed by atoms with Gasteiger partial charge in [-0.3, -0.25) is 4.68 Å². The van der Waals surface area contributed by atoms with E-state index in [1.807, 2.05) is 6.07 Å². The molecule has 0 spiro atoms. The fourth-order valence-corrected chi connectivity index (χ4v) is 3.05. The molecule has 0 saturated carbocycles. The Labute approximate surface area is 123 Å². The van der Waals surface area contributed by atoms with Crippen molar-refractivity contribution in [2.75, 3.05) is 6.54 Å². The maximum atomic E-state index is 12.0. The molecular formula is C13H15N5O2S. The van der Waals surface area contributed by atoms with E-state index in [1.54, 1.807) is 41.3 Å². The van der Waals surface area contributed by atoms with E-state index >= 15 is 0 Å². The van der Waals surface area contributed by atoms with Gasteiger partial charge in [-0.15, -0.1) is 5.10 Å². The number of hydrogen-bond donors (Lipinski definition) is 1. The molecule has 0 bridgehead atoms. The van der Waals surface area contributed by atoms with Crippen molar-refractivity contribution in [1.29, 1.82) is 5.26 Å². The fraction of sp³-hybridized carbons (Fsp3) is 0.308. The molecule has 2 rings (SSSR count). The minimum Gasteiger partial charge on any atom is -0.253 e. The number of aromatic nitrogens is 3. The van der Waals surface area contributed by atoms with Crippen LogP contribution < -0.4 is 4.72 Å². The highest BCUT2D eigenvalue weighted by Crippen LogP contribution is 2.10. The predicted molar refractivity (Wildman–Crippen MR) is 76.4 cm³/mol. The van der Waals surface area contributed by atoms with Gasteiger partial charge in [0.05, 0.1) is 23.6 Å². The Hall–Kier alpha value is -2.24. The zero-order valence-corrected chi connectivity index (χ0v) is 12.1. The molecule has 21 heavy (non-hydrogen) atoms. The molecule has 0 saturated heterocycles. The van der Waals surface area contributed by atoms with Crippen LogP contribution in [0.25, 0.3) is 0 Å². The molecule has 1 N–H and O–H groups in total. The van der Waals surface area contributed by atoms with Crippen LogP contribution in [0.5, 0.6) is 0 Å². The summed E-state index contributed by atoms with van der Waals surface area (Å²) in [4.78, 5) is 0. The molecule has 1 aromatic carbocycles. The molecule has 2 aromatic rings. The first-order valence-electron chi connectivity index (χ1n) is 6.40. The average molecular weight is 305 g/mol. The van der Waals surface area contributed by atoms with Gasteiger partial charge in [0, 0.05) is 19.3 Å². The first kappa shape index (κ1) is 15.2. The Bertz CT molecular complexity index is 719. The molecule has 0 unspecified atom stereocenters. The third-order valence-electron chi connectivity index (χ3n) is 2.84. The maximum Gasteiger partial charge on any atom is 0.215 e. The molecule has 0 aliphatic heterocycles. The Kier molecular flexibility index (Phi) is 5.03. The average Bonchev–Trinajstić information content (AvgIpc) is 2.97. The number of nitrogens with zero attached hydrogens (tertiary/aromatic N) is 4. The molecule has 0 radical (unpaired) electrons. The molecule has 7 nitrogen and oxygen atoms in total. The van der Waals surface area contributed by atoms with Crippen LogP contribution in [0.2, 0.25) is 0 Å². The minimum atomic E-state index is -3.45. The van der Waals surface area contributed by atoms with Crippen LogP contribution >= 0.6 is 0 Å². The van der Waals surface area contributed by atoms with E-state index in [4.69, 9.17) is 5.26 Å². The largest absolute Gasteiger partial charge is 0.253 e. The molecule has 1 aromatic heterocycles. The van der Waals surface area contributed by atoms with E-state index in [-0.39, 0.29) is 5.75 Å². The van der Waals surface area contributed by atoms with Crippen molar-refractivity contribution in [2.24, 2.45) is 0 Å². The molecule has 110 valence electrons. The SMILES string of the molecule is N#Cc1ccccc1CS(=O)(=O)NCCCn1ccnn1. The lowest BCUT2D eigenvalue weighted by Crippen LogP contribution is -2.27. The molecular weight excluding hydrogens is 290 g/mol. The number of sulfonamides is 1. The molecule has 0 atom stereocenters. The number of hydrogen-bond acceptors (Lipinski definition) is 5. The fourth-order valence-electron chi connectivity index (χ4n) is 1.83. The zero-order chi connectivity index (χ0) is 15.1. The van der Waals surface area contributed by atoms with Gasteiger partial charge in [0.25, 0.3) is 0 Å². The molecule has 1 heterocycles. The highest BCUT2D eigenvalue weighted by molar-refractivity contribution is 7.88. The van der Waals surface area contributed by atoms with Crippen molar-refractivity contribution in [1.82, 2.24) is 19.7 Å². The van der Waals surface area contributed by atoms with Crippen molar-refractivity contribution >= 4 is 10.0 Å². The van der Waals surface area contributed by atoms with Crippen molar-refractivity contribution in [3.05, 3.63) is 47.8 Å². The van der Waals surface area contributed by atoms with Gasteiger partial charge in [-0.25, -0.2) is 13.1 Å². The molecule has 0 aliphatic rings. The highest BCUT2D eigenvalue weighted by Gasteiger charge is 2.13. The number of nitrogens with one attached hydrogen (secondary N) is 1. The standard InChI is InChI=1S/C13H15N5O2S/c14-10-12-4-1-2-5-13(12)11-21(19,20)16-6-3-8-18-9-7-15-17-18/h1-2,4-5,7,9,16H,3,6,8,11H2. The van der Waals surface area contributed by atoms with Crippen LogP contribution in [0.3, 0.4) is 0 Å². The summed E-state index contributed by atoms with van der Waals surface area (Å²) in [5.41, 5.74) is 0.884. The van der Waals surface area contributed by atoms with Crippen molar-refractivity contribution < 1.29 is 8.42 Å². The van der Waals surface area contributed by atoms with E-state index in [9.17, 15) is 8.42 Å². The number of aryl methyl sites for hydroxylation is 1. The summed E-state index contributed by atoms with van der Waals surface area (Å²) < 4.78 is 28.1. The Morgan fingerprint density at radius 3 is 2.86 bits per heavy atom. The summed E-state index contributed by atoms with van der Waals surface area (Å²) in [7, 11) is -3.45. The van der Waals surface area contributed by atoms with Crippen LogP contribution in [0.15, 0.2) is 36.7 Å².